The third-order valence-corrected chi connectivity index (χ3v) is 3.24. The number of carboxylic acids is 1. The van der Waals surface area contributed by atoms with Gasteiger partial charge in [0.05, 0.1) is 11.3 Å². The Hall–Kier alpha value is -2.63. The van der Waals surface area contributed by atoms with Crippen molar-refractivity contribution in [1.82, 2.24) is 15.5 Å². The number of aryl methyl sites for hydroxylation is 2. The number of carbonyl (C=O) groups excluding carboxylic acids is 1. The maximum absolute atomic E-state index is 12.2. The molecule has 1 amide bonds. The smallest absolute Gasteiger partial charge is 0.326 e. The van der Waals surface area contributed by atoms with Crippen LogP contribution in [-0.4, -0.2) is 33.2 Å². The van der Waals surface area contributed by atoms with Crippen molar-refractivity contribution in [3.8, 4) is 0 Å². The second-order valence-electron chi connectivity index (χ2n) is 4.86. The monoisotopic (exact) mass is 287 g/mol. The summed E-state index contributed by atoms with van der Waals surface area (Å²) in [5.41, 5.74) is 2.42. The van der Waals surface area contributed by atoms with Crippen molar-refractivity contribution in [2.75, 3.05) is 0 Å². The lowest BCUT2D eigenvalue weighted by Crippen LogP contribution is -2.42. The molecule has 0 unspecified atom stereocenters. The molecule has 0 radical (unpaired) electrons. The van der Waals surface area contributed by atoms with Crippen LogP contribution >= 0.6 is 0 Å². The fraction of sp³-hybridized carbons (Fsp3) is 0.267. The van der Waals surface area contributed by atoms with Gasteiger partial charge in [0.1, 0.15) is 6.04 Å². The number of hydrogen-bond acceptors (Lipinski definition) is 3. The third-order valence-electron chi connectivity index (χ3n) is 3.24. The molecule has 110 valence electrons. The molecule has 0 saturated heterocycles. The molecule has 3 N–H and O–H groups in total. The molecule has 2 aromatic rings. The van der Waals surface area contributed by atoms with Crippen molar-refractivity contribution in [3.63, 3.8) is 0 Å². The summed E-state index contributed by atoms with van der Waals surface area (Å²) < 4.78 is 0. The Balaban J connectivity index is 2.14. The van der Waals surface area contributed by atoms with Gasteiger partial charge in [0, 0.05) is 12.1 Å². The van der Waals surface area contributed by atoms with Crippen LogP contribution in [0.25, 0.3) is 0 Å². The van der Waals surface area contributed by atoms with E-state index in [0.717, 1.165) is 5.56 Å². The van der Waals surface area contributed by atoms with Crippen LogP contribution < -0.4 is 5.32 Å². The van der Waals surface area contributed by atoms with E-state index in [9.17, 15) is 14.7 Å². The largest absolute Gasteiger partial charge is 0.480 e. The van der Waals surface area contributed by atoms with Crippen molar-refractivity contribution >= 4 is 11.9 Å². The fourth-order valence-electron chi connectivity index (χ4n) is 2.17. The minimum atomic E-state index is -1.06. The van der Waals surface area contributed by atoms with Crippen LogP contribution in [0.5, 0.6) is 0 Å². The molecule has 6 heteroatoms. The van der Waals surface area contributed by atoms with Crippen molar-refractivity contribution < 1.29 is 14.7 Å². The number of aliphatic carboxylic acids is 1. The minimum Gasteiger partial charge on any atom is -0.480 e. The highest BCUT2D eigenvalue weighted by atomic mass is 16.4. The van der Waals surface area contributed by atoms with Gasteiger partial charge in [-0.2, -0.15) is 5.10 Å². The number of aromatic nitrogens is 2. The summed E-state index contributed by atoms with van der Waals surface area (Å²) >= 11 is 0. The Morgan fingerprint density at radius 3 is 2.48 bits per heavy atom. The number of nitrogens with zero attached hydrogens (tertiary/aromatic N) is 1. The highest BCUT2D eigenvalue weighted by Gasteiger charge is 2.23. The maximum Gasteiger partial charge on any atom is 0.326 e. The molecule has 1 aromatic heterocycles. The van der Waals surface area contributed by atoms with Gasteiger partial charge in [-0.25, -0.2) is 4.79 Å². The second-order valence-corrected chi connectivity index (χ2v) is 4.86. The molecule has 1 aromatic carbocycles. The van der Waals surface area contributed by atoms with Gasteiger partial charge < -0.3 is 10.4 Å². The lowest BCUT2D eigenvalue weighted by atomic mass is 10.1. The first-order valence-corrected chi connectivity index (χ1v) is 6.58. The number of carbonyl (C=O) groups is 2. The van der Waals surface area contributed by atoms with E-state index in [0.29, 0.717) is 17.0 Å². The van der Waals surface area contributed by atoms with Crippen molar-refractivity contribution in [3.05, 3.63) is 52.8 Å². The molecule has 0 spiro atoms. The zero-order valence-corrected chi connectivity index (χ0v) is 11.9. The van der Waals surface area contributed by atoms with Gasteiger partial charge in [0.2, 0.25) is 0 Å². The van der Waals surface area contributed by atoms with E-state index in [1.165, 1.54) is 0 Å². The first-order valence-electron chi connectivity index (χ1n) is 6.58. The number of nitrogens with one attached hydrogen (secondary N) is 2. The number of hydrogen-bond donors (Lipinski definition) is 3. The molecular weight excluding hydrogens is 270 g/mol. The summed E-state index contributed by atoms with van der Waals surface area (Å²) in [7, 11) is 0. The molecule has 2 rings (SSSR count). The summed E-state index contributed by atoms with van der Waals surface area (Å²) in [5.74, 6) is -1.49. The molecule has 0 aliphatic heterocycles. The van der Waals surface area contributed by atoms with Crippen LogP contribution in [0.4, 0.5) is 0 Å². The molecule has 0 aliphatic rings. The van der Waals surface area contributed by atoms with Gasteiger partial charge in [-0.15, -0.1) is 0 Å². The van der Waals surface area contributed by atoms with Gasteiger partial charge >= 0.3 is 5.97 Å². The average molecular weight is 287 g/mol. The van der Waals surface area contributed by atoms with Crippen molar-refractivity contribution in [2.45, 2.75) is 26.3 Å². The Kier molecular flexibility index (Phi) is 4.37. The molecule has 0 saturated carbocycles. The molecule has 0 fully saturated rings. The van der Waals surface area contributed by atoms with E-state index in [1.54, 1.807) is 13.8 Å². The minimum absolute atomic E-state index is 0.234. The lowest BCUT2D eigenvalue weighted by molar-refractivity contribution is -0.139. The molecule has 1 heterocycles. The second kappa shape index (κ2) is 6.21. The van der Waals surface area contributed by atoms with Crippen LogP contribution in [-0.2, 0) is 11.2 Å². The number of H-pyrrole nitrogens is 1. The predicted octanol–water partition coefficient (Wildman–Crippen LogP) is 1.45. The highest BCUT2D eigenvalue weighted by molar-refractivity contribution is 5.98. The number of amides is 1. The van der Waals surface area contributed by atoms with Crippen LogP contribution in [0.15, 0.2) is 30.3 Å². The quantitative estimate of drug-likeness (QED) is 0.775. The molecule has 21 heavy (non-hydrogen) atoms. The van der Waals surface area contributed by atoms with E-state index in [4.69, 9.17) is 0 Å². The summed E-state index contributed by atoms with van der Waals surface area (Å²) in [5, 5.41) is 18.5. The molecule has 6 nitrogen and oxygen atoms in total. The average Bonchev–Trinajstić information content (AvgIpc) is 2.78. The first-order chi connectivity index (χ1) is 9.99. The first kappa shape index (κ1) is 14.8. The number of aromatic amines is 1. The molecule has 0 bridgehead atoms. The predicted molar refractivity (Wildman–Crippen MR) is 77.1 cm³/mol. The van der Waals surface area contributed by atoms with Gasteiger partial charge in [-0.3, -0.25) is 9.89 Å². The Bertz CT molecular complexity index is 630. The van der Waals surface area contributed by atoms with Crippen LogP contribution in [0.1, 0.15) is 27.3 Å². The summed E-state index contributed by atoms with van der Waals surface area (Å²) in [4.78, 5) is 23.6. The number of rotatable bonds is 5. The van der Waals surface area contributed by atoms with Crippen LogP contribution in [0, 0.1) is 13.8 Å². The van der Waals surface area contributed by atoms with E-state index in [1.807, 2.05) is 30.3 Å². The maximum atomic E-state index is 12.2. The Morgan fingerprint density at radius 2 is 1.95 bits per heavy atom. The van der Waals surface area contributed by atoms with Gasteiger partial charge in [-0.05, 0) is 19.4 Å². The molecule has 1 atom stereocenters. The van der Waals surface area contributed by atoms with E-state index >= 15 is 0 Å². The topological polar surface area (TPSA) is 95.1 Å². The number of benzene rings is 1. The van der Waals surface area contributed by atoms with Crippen LogP contribution in [0.3, 0.4) is 0 Å². The SMILES string of the molecule is Cc1n[nH]c(C)c1C(=O)N[C@H](Cc1ccccc1)C(=O)O. The van der Waals surface area contributed by atoms with Crippen LogP contribution in [0.2, 0.25) is 0 Å². The Morgan fingerprint density at radius 1 is 1.29 bits per heavy atom. The fourth-order valence-corrected chi connectivity index (χ4v) is 2.17. The molecular formula is C15H17N3O3. The molecule has 0 aliphatic carbocycles. The third kappa shape index (κ3) is 3.47. The number of carboxylic acid groups (broad SMARTS) is 1. The normalized spacial score (nSPS) is 11.9. The highest BCUT2D eigenvalue weighted by Crippen LogP contribution is 2.10. The van der Waals surface area contributed by atoms with E-state index in [-0.39, 0.29) is 6.42 Å². The van der Waals surface area contributed by atoms with Gasteiger partial charge in [0.15, 0.2) is 0 Å². The zero-order chi connectivity index (χ0) is 15.4. The summed E-state index contributed by atoms with van der Waals surface area (Å²) in [6.07, 6.45) is 0.234. The zero-order valence-electron chi connectivity index (χ0n) is 11.9. The lowest BCUT2D eigenvalue weighted by Gasteiger charge is -2.14. The van der Waals surface area contributed by atoms with Crippen molar-refractivity contribution in [2.24, 2.45) is 0 Å². The summed E-state index contributed by atoms with van der Waals surface area (Å²) in [6, 6.07) is 8.21. The van der Waals surface area contributed by atoms with Gasteiger partial charge in [-0.1, -0.05) is 30.3 Å². The Labute approximate surface area is 122 Å². The van der Waals surface area contributed by atoms with E-state index in [2.05, 4.69) is 15.5 Å². The van der Waals surface area contributed by atoms with Gasteiger partial charge in [0.25, 0.3) is 5.91 Å². The standard InChI is InChI=1S/C15H17N3O3/c1-9-13(10(2)18-17-9)14(19)16-12(15(20)21)8-11-6-4-3-5-7-11/h3-7,12H,8H2,1-2H3,(H,16,19)(H,17,18)(H,20,21)/t12-/m1/s1. The summed E-state index contributed by atoms with van der Waals surface area (Å²) in [6.45, 7) is 3.42. The van der Waals surface area contributed by atoms with E-state index < -0.39 is 17.9 Å². The van der Waals surface area contributed by atoms with Crippen molar-refractivity contribution in [1.29, 1.82) is 0 Å².